The molecule has 0 saturated heterocycles. The Labute approximate surface area is 94.8 Å². The largest absolute Gasteiger partial charge is 0.413 e. The lowest BCUT2D eigenvalue weighted by molar-refractivity contribution is -0.109. The Hall–Kier alpha value is -0.413. The van der Waals surface area contributed by atoms with E-state index in [0.717, 1.165) is 12.7 Å². The summed E-state index contributed by atoms with van der Waals surface area (Å²) in [5, 5.41) is 0.190. The van der Waals surface area contributed by atoms with Crippen molar-refractivity contribution in [1.29, 1.82) is 0 Å². The van der Waals surface area contributed by atoms with Gasteiger partial charge >= 0.3 is 0 Å². The van der Waals surface area contributed by atoms with Gasteiger partial charge in [0, 0.05) is 6.42 Å². The molecule has 88 valence electrons. The Morgan fingerprint density at radius 1 is 1.33 bits per heavy atom. The van der Waals surface area contributed by atoms with Crippen LogP contribution >= 0.6 is 0 Å². The Bertz CT molecular complexity index is 206. The first kappa shape index (κ1) is 14.6. The van der Waals surface area contributed by atoms with E-state index in [1.165, 1.54) is 0 Å². The number of carbonyl (C=O) groups is 1. The molecule has 1 atom stereocenters. The first-order valence-corrected chi connectivity index (χ1v) is 8.38. The van der Waals surface area contributed by atoms with Crippen LogP contribution in [0.5, 0.6) is 0 Å². The molecule has 0 aromatic heterocycles. The van der Waals surface area contributed by atoms with Crippen LogP contribution < -0.4 is 0 Å². The maximum atomic E-state index is 10.5. The Balaban J connectivity index is 4.50. The van der Waals surface area contributed by atoms with Crippen LogP contribution in [0.1, 0.15) is 33.6 Å². The predicted molar refractivity (Wildman–Crippen MR) is 67.6 cm³/mol. The van der Waals surface area contributed by atoms with Gasteiger partial charge in [-0.25, -0.2) is 0 Å². The minimum Gasteiger partial charge on any atom is -0.413 e. The fraction of sp³-hybridized carbons (Fsp3) is 0.750. The predicted octanol–water partition coefficient (Wildman–Crippen LogP) is 3.54. The van der Waals surface area contributed by atoms with E-state index in [2.05, 4.69) is 40.4 Å². The molecule has 0 aliphatic carbocycles. The van der Waals surface area contributed by atoms with E-state index in [9.17, 15) is 4.79 Å². The highest BCUT2D eigenvalue weighted by atomic mass is 28.4. The van der Waals surface area contributed by atoms with Gasteiger partial charge in [0.05, 0.1) is 6.10 Å². The van der Waals surface area contributed by atoms with E-state index in [-0.39, 0.29) is 11.1 Å². The van der Waals surface area contributed by atoms with Crippen LogP contribution in [0.25, 0.3) is 0 Å². The fourth-order valence-corrected chi connectivity index (χ4v) is 2.46. The van der Waals surface area contributed by atoms with Gasteiger partial charge in [-0.15, -0.1) is 6.58 Å². The monoisotopic (exact) mass is 228 g/mol. The smallest absolute Gasteiger partial charge is 0.192 e. The molecular weight excluding hydrogens is 204 g/mol. The van der Waals surface area contributed by atoms with Crippen molar-refractivity contribution in [2.24, 2.45) is 0 Å². The summed E-state index contributed by atoms with van der Waals surface area (Å²) < 4.78 is 6.12. The average molecular weight is 228 g/mol. The molecule has 0 radical (unpaired) electrons. The summed E-state index contributed by atoms with van der Waals surface area (Å²) in [5.41, 5.74) is 0. The highest BCUT2D eigenvalue weighted by molar-refractivity contribution is 6.74. The molecule has 0 saturated carbocycles. The van der Waals surface area contributed by atoms with Crippen LogP contribution in [-0.4, -0.2) is 20.7 Å². The summed E-state index contributed by atoms with van der Waals surface area (Å²) in [7, 11) is -1.75. The first-order chi connectivity index (χ1) is 6.74. The zero-order valence-corrected chi connectivity index (χ0v) is 11.7. The molecule has 0 heterocycles. The SMILES string of the molecule is C=CC[C@@H](CC=O)O[Si](C)(C)C(C)(C)C. The van der Waals surface area contributed by atoms with E-state index in [4.69, 9.17) is 4.43 Å². The number of aldehydes is 1. The van der Waals surface area contributed by atoms with Gasteiger partial charge in [0.15, 0.2) is 8.32 Å². The van der Waals surface area contributed by atoms with Crippen LogP contribution in [0.15, 0.2) is 12.7 Å². The quantitative estimate of drug-likeness (QED) is 0.395. The molecule has 0 N–H and O–H groups in total. The van der Waals surface area contributed by atoms with Crippen LogP contribution in [-0.2, 0) is 9.22 Å². The van der Waals surface area contributed by atoms with Gasteiger partial charge in [-0.1, -0.05) is 26.8 Å². The number of hydrogen-bond donors (Lipinski definition) is 0. The minimum absolute atomic E-state index is 0.0147. The third-order valence-corrected chi connectivity index (χ3v) is 7.59. The second-order valence-electron chi connectivity index (χ2n) is 5.43. The molecule has 0 aliphatic heterocycles. The Morgan fingerprint density at radius 3 is 2.20 bits per heavy atom. The third kappa shape index (κ3) is 4.75. The summed E-state index contributed by atoms with van der Waals surface area (Å²) in [4.78, 5) is 10.5. The molecule has 2 nitrogen and oxygen atoms in total. The molecule has 0 spiro atoms. The first-order valence-electron chi connectivity index (χ1n) is 5.47. The molecule has 0 bridgehead atoms. The van der Waals surface area contributed by atoms with Crippen molar-refractivity contribution < 1.29 is 9.22 Å². The van der Waals surface area contributed by atoms with E-state index in [0.29, 0.717) is 6.42 Å². The van der Waals surface area contributed by atoms with E-state index in [1.54, 1.807) is 0 Å². The van der Waals surface area contributed by atoms with Gasteiger partial charge in [-0.05, 0) is 24.6 Å². The summed E-state index contributed by atoms with van der Waals surface area (Å²) in [6, 6.07) is 0. The van der Waals surface area contributed by atoms with Crippen LogP contribution in [0, 0.1) is 0 Å². The topological polar surface area (TPSA) is 26.3 Å². The lowest BCUT2D eigenvalue weighted by Gasteiger charge is -2.38. The normalized spacial score (nSPS) is 14.7. The molecule has 0 amide bonds. The zero-order valence-electron chi connectivity index (χ0n) is 10.7. The molecule has 0 unspecified atom stereocenters. The molecule has 0 aromatic rings. The zero-order chi connectivity index (χ0) is 12.1. The van der Waals surface area contributed by atoms with E-state index >= 15 is 0 Å². The van der Waals surface area contributed by atoms with Gasteiger partial charge in [0.25, 0.3) is 0 Å². The Morgan fingerprint density at radius 2 is 1.87 bits per heavy atom. The maximum absolute atomic E-state index is 10.5. The van der Waals surface area contributed by atoms with E-state index in [1.807, 2.05) is 6.08 Å². The molecule has 0 aromatic carbocycles. The number of hydrogen-bond acceptors (Lipinski definition) is 2. The van der Waals surface area contributed by atoms with Gasteiger partial charge in [-0.3, -0.25) is 0 Å². The molecule has 0 fully saturated rings. The van der Waals surface area contributed by atoms with Crippen LogP contribution in [0.3, 0.4) is 0 Å². The second-order valence-corrected chi connectivity index (χ2v) is 10.2. The third-order valence-electron chi connectivity index (χ3n) is 3.06. The van der Waals surface area contributed by atoms with Crippen molar-refractivity contribution in [2.75, 3.05) is 0 Å². The summed E-state index contributed by atoms with van der Waals surface area (Å²) in [5.74, 6) is 0. The molecule has 3 heteroatoms. The average Bonchev–Trinajstić information content (AvgIpc) is 2.02. The van der Waals surface area contributed by atoms with Crippen molar-refractivity contribution in [2.45, 2.75) is 57.8 Å². The maximum Gasteiger partial charge on any atom is 0.192 e. The number of carbonyl (C=O) groups excluding carboxylic acids is 1. The molecule has 0 aliphatic rings. The molecule has 15 heavy (non-hydrogen) atoms. The summed E-state index contributed by atoms with van der Waals surface area (Å²) in [6.07, 6.45) is 3.99. The van der Waals surface area contributed by atoms with Crippen LogP contribution in [0.2, 0.25) is 18.1 Å². The Kier molecular flexibility index (Phi) is 5.46. The van der Waals surface area contributed by atoms with Gasteiger partial charge < -0.3 is 9.22 Å². The van der Waals surface area contributed by atoms with Crippen LogP contribution in [0.4, 0.5) is 0 Å². The van der Waals surface area contributed by atoms with Gasteiger partial charge in [0.1, 0.15) is 6.29 Å². The fourth-order valence-electron chi connectivity index (χ4n) is 1.08. The van der Waals surface area contributed by atoms with Crippen molar-refractivity contribution in [3.8, 4) is 0 Å². The molecular formula is C12H24O2Si. The van der Waals surface area contributed by atoms with Crippen molar-refractivity contribution >= 4 is 14.6 Å². The standard InChI is InChI=1S/C12H24O2Si/c1-7-8-11(9-10-13)14-15(5,6)12(2,3)4/h7,10-11H,1,8-9H2,2-6H3/t11-/m0/s1. The second kappa shape index (κ2) is 5.61. The van der Waals surface area contributed by atoms with E-state index < -0.39 is 8.32 Å². The highest BCUT2D eigenvalue weighted by Gasteiger charge is 2.38. The summed E-state index contributed by atoms with van der Waals surface area (Å²) in [6.45, 7) is 14.7. The lowest BCUT2D eigenvalue weighted by Crippen LogP contribution is -2.43. The lowest BCUT2D eigenvalue weighted by atomic mass is 10.2. The number of rotatable bonds is 6. The van der Waals surface area contributed by atoms with Crippen molar-refractivity contribution in [1.82, 2.24) is 0 Å². The van der Waals surface area contributed by atoms with Crippen molar-refractivity contribution in [3.05, 3.63) is 12.7 Å². The van der Waals surface area contributed by atoms with Gasteiger partial charge in [-0.2, -0.15) is 0 Å². The van der Waals surface area contributed by atoms with Gasteiger partial charge in [0.2, 0.25) is 0 Å². The van der Waals surface area contributed by atoms with Crippen molar-refractivity contribution in [3.63, 3.8) is 0 Å². The summed E-state index contributed by atoms with van der Waals surface area (Å²) >= 11 is 0. The minimum atomic E-state index is -1.75. The molecule has 0 rings (SSSR count). The highest BCUT2D eigenvalue weighted by Crippen LogP contribution is 2.37.